The van der Waals surface area contributed by atoms with E-state index in [0.717, 1.165) is 17.2 Å². The van der Waals surface area contributed by atoms with Gasteiger partial charge in [-0.2, -0.15) is 0 Å². The number of fused-ring (bicyclic) bond motifs is 1. The normalized spacial score (nSPS) is 14.8. The molecule has 2 N–H and O–H groups in total. The number of anilines is 3. The molecule has 0 fully saturated rings. The highest BCUT2D eigenvalue weighted by Gasteiger charge is 2.47. The molecule has 2 aromatic rings. The van der Waals surface area contributed by atoms with Gasteiger partial charge in [-0.3, -0.25) is 0 Å². The molecule has 26 heavy (non-hydrogen) atoms. The molecule has 0 unspecified atom stereocenters. The molecule has 2 heterocycles. The fraction of sp³-hybridized carbons (Fsp3) is 0.400. The van der Waals surface area contributed by atoms with Crippen LogP contribution in [0.1, 0.15) is 27.7 Å². The second kappa shape index (κ2) is 6.86. The Morgan fingerprint density at radius 2 is 1.73 bits per heavy atom. The SMILES string of the molecule is CCN(CC1(C(=O)OC(C)(C)C)Nc2ccccc2N1)c1ccccn1. The molecule has 0 amide bonds. The van der Waals surface area contributed by atoms with Gasteiger partial charge in [-0.15, -0.1) is 0 Å². The minimum absolute atomic E-state index is 0.337. The maximum Gasteiger partial charge on any atom is 0.355 e. The predicted octanol–water partition coefficient (Wildman–Crippen LogP) is 3.48. The van der Waals surface area contributed by atoms with Gasteiger partial charge in [0, 0.05) is 12.7 Å². The summed E-state index contributed by atoms with van der Waals surface area (Å²) in [7, 11) is 0. The summed E-state index contributed by atoms with van der Waals surface area (Å²) in [5.41, 5.74) is 0.111. The van der Waals surface area contributed by atoms with Crippen LogP contribution in [0.3, 0.4) is 0 Å². The molecule has 6 nitrogen and oxygen atoms in total. The number of rotatable bonds is 5. The van der Waals surface area contributed by atoms with Crippen molar-refractivity contribution in [1.29, 1.82) is 0 Å². The van der Waals surface area contributed by atoms with Gasteiger partial charge in [0.2, 0.25) is 5.66 Å². The number of benzene rings is 1. The molecule has 0 saturated heterocycles. The predicted molar refractivity (Wildman–Crippen MR) is 104 cm³/mol. The molecule has 3 rings (SSSR count). The van der Waals surface area contributed by atoms with E-state index < -0.39 is 11.3 Å². The van der Waals surface area contributed by atoms with E-state index >= 15 is 0 Å². The number of para-hydroxylation sites is 2. The van der Waals surface area contributed by atoms with Crippen molar-refractivity contribution in [3.8, 4) is 0 Å². The largest absolute Gasteiger partial charge is 0.457 e. The van der Waals surface area contributed by atoms with Crippen LogP contribution >= 0.6 is 0 Å². The number of pyridine rings is 1. The van der Waals surface area contributed by atoms with Crippen molar-refractivity contribution < 1.29 is 9.53 Å². The number of likely N-dealkylation sites (N-methyl/N-ethyl adjacent to an activating group) is 1. The van der Waals surface area contributed by atoms with Crippen molar-refractivity contribution in [3.63, 3.8) is 0 Å². The van der Waals surface area contributed by atoms with Crippen molar-refractivity contribution in [1.82, 2.24) is 4.98 Å². The van der Waals surface area contributed by atoms with Crippen LogP contribution in [0.2, 0.25) is 0 Å². The first-order valence-electron chi connectivity index (χ1n) is 8.88. The van der Waals surface area contributed by atoms with Gasteiger partial charge in [-0.25, -0.2) is 9.78 Å². The Bertz CT molecular complexity index is 746. The van der Waals surface area contributed by atoms with Gasteiger partial charge < -0.3 is 20.3 Å². The van der Waals surface area contributed by atoms with Crippen LogP contribution in [0.25, 0.3) is 0 Å². The number of carbonyl (C=O) groups is 1. The van der Waals surface area contributed by atoms with Crippen molar-refractivity contribution in [3.05, 3.63) is 48.7 Å². The summed E-state index contributed by atoms with van der Waals surface area (Å²) in [6.45, 7) is 8.75. The first kappa shape index (κ1) is 18.0. The molecule has 0 spiro atoms. The second-order valence-electron chi connectivity index (χ2n) is 7.40. The van der Waals surface area contributed by atoms with Crippen molar-refractivity contribution >= 4 is 23.2 Å². The number of esters is 1. The molecule has 0 aliphatic carbocycles. The summed E-state index contributed by atoms with van der Waals surface area (Å²) >= 11 is 0. The Labute approximate surface area is 154 Å². The monoisotopic (exact) mass is 354 g/mol. The summed E-state index contributed by atoms with van der Waals surface area (Å²) in [5.74, 6) is 0.480. The first-order valence-corrected chi connectivity index (χ1v) is 8.88. The summed E-state index contributed by atoms with van der Waals surface area (Å²) in [4.78, 5) is 19.6. The van der Waals surface area contributed by atoms with E-state index in [0.29, 0.717) is 13.1 Å². The topological polar surface area (TPSA) is 66.5 Å². The van der Waals surface area contributed by atoms with E-state index in [1.807, 2.05) is 70.2 Å². The summed E-state index contributed by atoms with van der Waals surface area (Å²) in [6.07, 6.45) is 1.75. The Balaban J connectivity index is 1.93. The molecule has 0 atom stereocenters. The zero-order valence-electron chi connectivity index (χ0n) is 15.7. The highest BCUT2D eigenvalue weighted by atomic mass is 16.6. The Morgan fingerprint density at radius 3 is 2.23 bits per heavy atom. The van der Waals surface area contributed by atoms with Crippen LogP contribution < -0.4 is 15.5 Å². The fourth-order valence-electron chi connectivity index (χ4n) is 2.98. The van der Waals surface area contributed by atoms with E-state index in [9.17, 15) is 4.79 Å². The quantitative estimate of drug-likeness (QED) is 0.802. The number of hydrogen-bond acceptors (Lipinski definition) is 6. The van der Waals surface area contributed by atoms with Gasteiger partial charge in [-0.1, -0.05) is 18.2 Å². The number of aromatic nitrogens is 1. The van der Waals surface area contributed by atoms with Crippen LogP contribution in [-0.4, -0.2) is 35.3 Å². The third kappa shape index (κ3) is 3.74. The average molecular weight is 354 g/mol. The van der Waals surface area contributed by atoms with Crippen LogP contribution in [0.4, 0.5) is 17.2 Å². The zero-order chi connectivity index (χ0) is 18.8. The Morgan fingerprint density at radius 1 is 1.12 bits per heavy atom. The smallest absolute Gasteiger partial charge is 0.355 e. The van der Waals surface area contributed by atoms with Crippen LogP contribution in [0, 0.1) is 0 Å². The molecular formula is C20H26N4O2. The maximum atomic E-state index is 13.1. The minimum Gasteiger partial charge on any atom is -0.457 e. The molecule has 0 saturated carbocycles. The van der Waals surface area contributed by atoms with Gasteiger partial charge in [0.25, 0.3) is 0 Å². The maximum absolute atomic E-state index is 13.1. The van der Waals surface area contributed by atoms with E-state index in [1.165, 1.54) is 0 Å². The average Bonchev–Trinajstić information content (AvgIpc) is 2.98. The molecule has 1 aromatic heterocycles. The molecular weight excluding hydrogens is 328 g/mol. The van der Waals surface area contributed by atoms with Crippen LogP contribution in [0.15, 0.2) is 48.7 Å². The standard InChI is InChI=1S/C20H26N4O2/c1-5-24(17-12-8-9-13-21-17)14-20(18(25)26-19(2,3)4)22-15-10-6-7-11-16(15)23-20/h6-13,22-23H,5,14H2,1-4H3. The highest BCUT2D eigenvalue weighted by Crippen LogP contribution is 2.36. The number of hydrogen-bond donors (Lipinski definition) is 2. The van der Waals surface area contributed by atoms with Crippen molar-refractivity contribution in [2.75, 3.05) is 28.6 Å². The Kier molecular flexibility index (Phi) is 4.76. The number of carbonyl (C=O) groups excluding carboxylic acids is 1. The zero-order valence-corrected chi connectivity index (χ0v) is 15.7. The van der Waals surface area contributed by atoms with Gasteiger partial charge in [0.05, 0.1) is 17.9 Å². The molecule has 138 valence electrons. The van der Waals surface area contributed by atoms with Gasteiger partial charge in [0.15, 0.2) is 0 Å². The van der Waals surface area contributed by atoms with E-state index in [1.54, 1.807) is 6.20 Å². The number of nitrogens with one attached hydrogen (secondary N) is 2. The lowest BCUT2D eigenvalue weighted by atomic mass is 10.1. The lowest BCUT2D eigenvalue weighted by molar-refractivity contribution is -0.159. The summed E-state index contributed by atoms with van der Waals surface area (Å²) in [6, 6.07) is 13.5. The molecule has 1 aliphatic rings. The van der Waals surface area contributed by atoms with Crippen molar-refractivity contribution in [2.45, 2.75) is 39.0 Å². The highest BCUT2D eigenvalue weighted by molar-refractivity contribution is 5.95. The van der Waals surface area contributed by atoms with E-state index in [-0.39, 0.29) is 5.97 Å². The Hall–Kier alpha value is -2.76. The van der Waals surface area contributed by atoms with Gasteiger partial charge >= 0.3 is 5.97 Å². The summed E-state index contributed by atoms with van der Waals surface area (Å²) in [5, 5.41) is 6.70. The molecule has 0 bridgehead atoms. The van der Waals surface area contributed by atoms with Crippen LogP contribution in [-0.2, 0) is 9.53 Å². The minimum atomic E-state index is -1.08. The number of nitrogens with zero attached hydrogens (tertiary/aromatic N) is 2. The van der Waals surface area contributed by atoms with Crippen molar-refractivity contribution in [2.24, 2.45) is 0 Å². The van der Waals surface area contributed by atoms with E-state index in [2.05, 4.69) is 20.5 Å². The van der Waals surface area contributed by atoms with Gasteiger partial charge in [-0.05, 0) is 52.0 Å². The molecule has 6 heteroatoms. The number of ether oxygens (including phenoxy) is 1. The fourth-order valence-corrected chi connectivity index (χ4v) is 2.98. The molecule has 0 radical (unpaired) electrons. The first-order chi connectivity index (χ1) is 12.3. The lowest BCUT2D eigenvalue weighted by Gasteiger charge is -2.36. The van der Waals surface area contributed by atoms with Gasteiger partial charge in [0.1, 0.15) is 11.4 Å². The third-order valence-corrected chi connectivity index (χ3v) is 4.15. The second-order valence-corrected chi connectivity index (χ2v) is 7.40. The third-order valence-electron chi connectivity index (χ3n) is 4.15. The summed E-state index contributed by atoms with van der Waals surface area (Å²) < 4.78 is 5.73. The van der Waals surface area contributed by atoms with E-state index in [4.69, 9.17) is 4.74 Å². The molecule has 1 aromatic carbocycles. The van der Waals surface area contributed by atoms with Crippen LogP contribution in [0.5, 0.6) is 0 Å². The molecule has 1 aliphatic heterocycles. The lowest BCUT2D eigenvalue weighted by Crippen LogP contribution is -2.59.